The molecule has 0 saturated carbocycles. The first-order chi connectivity index (χ1) is 9.59. The average molecular weight is 301 g/mol. The maximum Gasteiger partial charge on any atom is 0.169 e. The summed E-state index contributed by atoms with van der Waals surface area (Å²) in [5.74, 6) is -0.565. The lowest BCUT2D eigenvalue weighted by Gasteiger charge is -2.35. The van der Waals surface area contributed by atoms with Crippen LogP contribution in [0.5, 0.6) is 0 Å². The van der Waals surface area contributed by atoms with E-state index in [1.165, 1.54) is 6.07 Å². The van der Waals surface area contributed by atoms with Gasteiger partial charge in [-0.2, -0.15) is 0 Å². The molecule has 3 nitrogen and oxygen atoms in total. The topological polar surface area (TPSA) is 35.5 Å². The normalized spacial score (nSPS) is 17.9. The molecule has 0 aliphatic carbocycles. The van der Waals surface area contributed by atoms with Gasteiger partial charge >= 0.3 is 0 Å². The number of ketones is 1. The molecule has 1 fully saturated rings. The molecule has 0 amide bonds. The molecule has 0 aromatic heterocycles. The highest BCUT2D eigenvalue weighted by Gasteiger charge is 2.40. The van der Waals surface area contributed by atoms with Gasteiger partial charge in [0.2, 0.25) is 0 Å². The molecular weight excluding hydrogens is 283 g/mol. The highest BCUT2D eigenvalue weighted by atomic mass is 35.5. The summed E-state index contributed by atoms with van der Waals surface area (Å²) in [7, 11) is 0. The lowest BCUT2D eigenvalue weighted by Crippen LogP contribution is -2.47. The van der Waals surface area contributed by atoms with Crippen LogP contribution in [-0.2, 0) is 20.7 Å². The number of hydrogen-bond acceptors (Lipinski definition) is 3. The first-order valence-corrected chi connectivity index (χ1v) is 7.15. The summed E-state index contributed by atoms with van der Waals surface area (Å²) in [6.45, 7) is 3.33. The van der Waals surface area contributed by atoms with Crippen molar-refractivity contribution in [2.75, 3.05) is 19.8 Å². The summed E-state index contributed by atoms with van der Waals surface area (Å²) in [5, 5.41) is 0.0135. The van der Waals surface area contributed by atoms with E-state index in [4.69, 9.17) is 21.1 Å². The van der Waals surface area contributed by atoms with Gasteiger partial charge in [0, 0.05) is 39.1 Å². The zero-order valence-corrected chi connectivity index (χ0v) is 12.2. The zero-order valence-electron chi connectivity index (χ0n) is 11.5. The van der Waals surface area contributed by atoms with Crippen LogP contribution in [0, 0.1) is 5.82 Å². The molecule has 20 heavy (non-hydrogen) atoms. The van der Waals surface area contributed by atoms with Crippen molar-refractivity contribution < 1.29 is 18.7 Å². The largest absolute Gasteiger partial charge is 0.381 e. The highest BCUT2D eigenvalue weighted by Crippen LogP contribution is 2.29. The molecule has 1 saturated heterocycles. The van der Waals surface area contributed by atoms with Gasteiger partial charge in [-0.05, 0) is 18.6 Å². The Bertz CT molecular complexity index is 478. The molecule has 2 rings (SSSR count). The fourth-order valence-corrected chi connectivity index (χ4v) is 2.69. The van der Waals surface area contributed by atoms with Gasteiger partial charge in [0.25, 0.3) is 0 Å². The predicted octanol–water partition coefficient (Wildman–Crippen LogP) is 3.18. The second-order valence-corrected chi connectivity index (χ2v) is 5.23. The van der Waals surface area contributed by atoms with Crippen LogP contribution >= 0.6 is 11.6 Å². The molecule has 0 atom stereocenters. The number of carbonyl (C=O) groups excluding carboxylic acids is 1. The number of benzene rings is 1. The standard InChI is InChI=1S/C15H18ClFO3/c1-2-20-15(6-8-19-9-7-15)13(18)10-11-4-3-5-12(17)14(11)16/h3-5H,2,6-10H2,1H3. The molecule has 110 valence electrons. The second-order valence-electron chi connectivity index (χ2n) is 4.85. The molecular formula is C15H18ClFO3. The summed E-state index contributed by atoms with van der Waals surface area (Å²) in [5.41, 5.74) is -0.315. The number of Topliss-reactive ketones (excluding diaryl/α,β-unsaturated/α-hetero) is 1. The van der Waals surface area contributed by atoms with Gasteiger partial charge in [-0.1, -0.05) is 23.7 Å². The van der Waals surface area contributed by atoms with E-state index in [2.05, 4.69) is 0 Å². The Morgan fingerprint density at radius 2 is 2.15 bits per heavy atom. The molecule has 5 heteroatoms. The Labute approximate surface area is 123 Å². The summed E-state index contributed by atoms with van der Waals surface area (Å²) < 4.78 is 24.4. The molecule has 1 aliphatic heterocycles. The number of carbonyl (C=O) groups is 1. The van der Waals surface area contributed by atoms with Crippen LogP contribution in [0.25, 0.3) is 0 Å². The van der Waals surface area contributed by atoms with Crippen LogP contribution in [0.4, 0.5) is 4.39 Å². The van der Waals surface area contributed by atoms with Gasteiger partial charge in [0.15, 0.2) is 5.78 Å². The first-order valence-electron chi connectivity index (χ1n) is 6.77. The van der Waals surface area contributed by atoms with Crippen molar-refractivity contribution in [1.29, 1.82) is 0 Å². The summed E-state index contributed by atoms with van der Waals surface area (Å²) >= 11 is 5.91. The van der Waals surface area contributed by atoms with Crippen LogP contribution in [0.2, 0.25) is 5.02 Å². The minimum atomic E-state index is -0.817. The van der Waals surface area contributed by atoms with Gasteiger partial charge in [-0.3, -0.25) is 4.79 Å². The molecule has 1 heterocycles. The Morgan fingerprint density at radius 1 is 1.45 bits per heavy atom. The van der Waals surface area contributed by atoms with Gasteiger partial charge in [0.1, 0.15) is 11.4 Å². The molecule has 1 aromatic carbocycles. The Kier molecular flexibility index (Phi) is 5.13. The Balaban J connectivity index is 2.18. The number of rotatable bonds is 5. The lowest BCUT2D eigenvalue weighted by atomic mass is 9.86. The summed E-state index contributed by atoms with van der Waals surface area (Å²) in [6.07, 6.45) is 1.15. The maximum atomic E-state index is 13.4. The Hall–Kier alpha value is -0.970. The van der Waals surface area contributed by atoms with Crippen LogP contribution in [-0.4, -0.2) is 31.2 Å². The smallest absolute Gasteiger partial charge is 0.169 e. The lowest BCUT2D eigenvalue weighted by molar-refractivity contribution is -0.156. The van der Waals surface area contributed by atoms with Crippen molar-refractivity contribution >= 4 is 17.4 Å². The monoisotopic (exact) mass is 300 g/mol. The van der Waals surface area contributed by atoms with Crippen LogP contribution in [0.1, 0.15) is 25.3 Å². The molecule has 0 N–H and O–H groups in total. The fraction of sp³-hybridized carbons (Fsp3) is 0.533. The first kappa shape index (κ1) is 15.4. The van der Waals surface area contributed by atoms with Gasteiger partial charge in [0.05, 0.1) is 5.02 Å². The van der Waals surface area contributed by atoms with E-state index in [1.54, 1.807) is 12.1 Å². The Morgan fingerprint density at radius 3 is 2.80 bits per heavy atom. The molecule has 0 spiro atoms. The van der Waals surface area contributed by atoms with Crippen molar-refractivity contribution in [1.82, 2.24) is 0 Å². The minimum absolute atomic E-state index is 0.0135. The van der Waals surface area contributed by atoms with Crippen molar-refractivity contribution in [3.8, 4) is 0 Å². The molecule has 1 aromatic rings. The molecule has 0 radical (unpaired) electrons. The third-order valence-corrected chi connectivity index (χ3v) is 4.04. The maximum absolute atomic E-state index is 13.4. The van der Waals surface area contributed by atoms with Gasteiger partial charge in [-0.25, -0.2) is 4.39 Å². The fourth-order valence-electron chi connectivity index (χ4n) is 2.50. The van der Waals surface area contributed by atoms with Gasteiger partial charge < -0.3 is 9.47 Å². The van der Waals surface area contributed by atoms with E-state index in [9.17, 15) is 9.18 Å². The van der Waals surface area contributed by atoms with E-state index in [0.29, 0.717) is 38.2 Å². The third kappa shape index (κ3) is 3.19. The van der Waals surface area contributed by atoms with E-state index in [-0.39, 0.29) is 17.2 Å². The quantitative estimate of drug-likeness (QED) is 0.838. The van der Waals surface area contributed by atoms with Crippen LogP contribution in [0.15, 0.2) is 18.2 Å². The third-order valence-electron chi connectivity index (χ3n) is 3.61. The number of ether oxygens (including phenoxy) is 2. The van der Waals surface area contributed by atoms with E-state index < -0.39 is 11.4 Å². The highest BCUT2D eigenvalue weighted by molar-refractivity contribution is 6.31. The van der Waals surface area contributed by atoms with Gasteiger partial charge in [-0.15, -0.1) is 0 Å². The summed E-state index contributed by atoms with van der Waals surface area (Å²) in [6, 6.07) is 4.51. The number of halogens is 2. The molecule has 0 unspecified atom stereocenters. The van der Waals surface area contributed by atoms with Crippen molar-refractivity contribution in [2.24, 2.45) is 0 Å². The number of hydrogen-bond donors (Lipinski definition) is 0. The molecule has 0 bridgehead atoms. The van der Waals surface area contributed by atoms with E-state index >= 15 is 0 Å². The zero-order chi connectivity index (χ0) is 14.6. The van der Waals surface area contributed by atoms with Crippen LogP contribution < -0.4 is 0 Å². The second kappa shape index (κ2) is 6.66. The van der Waals surface area contributed by atoms with Crippen molar-refractivity contribution in [2.45, 2.75) is 31.8 Å². The SMILES string of the molecule is CCOC1(C(=O)Cc2cccc(F)c2Cl)CCOCC1. The van der Waals surface area contributed by atoms with Crippen molar-refractivity contribution in [3.05, 3.63) is 34.6 Å². The van der Waals surface area contributed by atoms with E-state index in [1.807, 2.05) is 6.92 Å². The minimum Gasteiger partial charge on any atom is -0.381 e. The predicted molar refractivity (Wildman–Crippen MR) is 74.5 cm³/mol. The van der Waals surface area contributed by atoms with E-state index in [0.717, 1.165) is 0 Å². The van der Waals surface area contributed by atoms with Crippen molar-refractivity contribution in [3.63, 3.8) is 0 Å². The van der Waals surface area contributed by atoms with Crippen LogP contribution in [0.3, 0.4) is 0 Å². The summed E-state index contributed by atoms with van der Waals surface area (Å²) in [4.78, 5) is 12.6. The molecule has 1 aliphatic rings. The average Bonchev–Trinajstić information content (AvgIpc) is 2.45.